The van der Waals surface area contributed by atoms with Crippen molar-refractivity contribution < 1.29 is 4.39 Å². The number of hydrazone groups is 1. The quantitative estimate of drug-likeness (QED) is 0.447. The minimum Gasteiger partial charge on any atom is -0.257 e. The molecule has 0 fully saturated rings. The van der Waals surface area contributed by atoms with Crippen LogP contribution in [0.2, 0.25) is 10.0 Å². The normalized spacial score (nSPS) is 16.4. The van der Waals surface area contributed by atoms with Crippen LogP contribution in [-0.4, -0.2) is 5.71 Å². The third-order valence-corrected chi connectivity index (χ3v) is 5.73. The second kappa shape index (κ2) is 7.57. The minimum absolute atomic E-state index is 0.0630. The lowest BCUT2D eigenvalue weighted by atomic mass is 9.98. The Balaban J connectivity index is 1.79. The van der Waals surface area contributed by atoms with Gasteiger partial charge in [0.25, 0.3) is 0 Å². The van der Waals surface area contributed by atoms with Crippen molar-refractivity contribution in [2.45, 2.75) is 26.3 Å². The molecule has 3 aromatic carbocycles. The first-order valence-electron chi connectivity index (χ1n) is 9.07. The Labute approximate surface area is 174 Å². The molecule has 1 atom stereocenters. The summed E-state index contributed by atoms with van der Waals surface area (Å²) in [5, 5.41) is 8.10. The number of benzene rings is 3. The maximum atomic E-state index is 13.3. The molecule has 0 saturated heterocycles. The summed E-state index contributed by atoms with van der Waals surface area (Å²) in [5.41, 5.74) is 6.19. The van der Waals surface area contributed by atoms with Gasteiger partial charge >= 0.3 is 0 Å². The van der Waals surface area contributed by atoms with Gasteiger partial charge in [-0.1, -0.05) is 47.5 Å². The summed E-state index contributed by atoms with van der Waals surface area (Å²) in [7, 11) is 0. The van der Waals surface area contributed by atoms with Crippen molar-refractivity contribution in [2.24, 2.45) is 5.10 Å². The zero-order valence-electron chi connectivity index (χ0n) is 15.6. The topological polar surface area (TPSA) is 15.6 Å². The molecule has 2 nitrogen and oxygen atoms in total. The lowest BCUT2D eigenvalue weighted by Gasteiger charge is -2.25. The molecule has 0 aromatic heterocycles. The second-order valence-corrected chi connectivity index (χ2v) is 7.90. The molecule has 0 amide bonds. The first-order chi connectivity index (χ1) is 13.4. The number of nitrogens with zero attached hydrogens (tertiary/aromatic N) is 2. The molecule has 0 spiro atoms. The van der Waals surface area contributed by atoms with Crippen LogP contribution >= 0.6 is 23.2 Å². The predicted octanol–water partition coefficient (Wildman–Crippen LogP) is 7.11. The molecule has 3 aromatic rings. The fourth-order valence-corrected chi connectivity index (χ4v) is 3.98. The van der Waals surface area contributed by atoms with E-state index >= 15 is 0 Å². The van der Waals surface area contributed by atoms with Gasteiger partial charge in [-0.2, -0.15) is 5.10 Å². The summed E-state index contributed by atoms with van der Waals surface area (Å²) in [6, 6.07) is 18.2. The SMILES string of the molecule is Cc1ccc(N2N=C(c3ccc(F)cc3)C[C@H]2c2ccc(Cl)cc2Cl)cc1C. The largest absolute Gasteiger partial charge is 0.257 e. The number of rotatable bonds is 3. The predicted molar refractivity (Wildman–Crippen MR) is 115 cm³/mol. The highest BCUT2D eigenvalue weighted by Crippen LogP contribution is 2.40. The van der Waals surface area contributed by atoms with E-state index in [1.807, 2.05) is 17.1 Å². The monoisotopic (exact) mass is 412 g/mol. The summed E-state index contributed by atoms with van der Waals surface area (Å²) in [4.78, 5) is 0. The van der Waals surface area contributed by atoms with Crippen LogP contribution in [0.3, 0.4) is 0 Å². The van der Waals surface area contributed by atoms with E-state index in [9.17, 15) is 4.39 Å². The molecule has 28 heavy (non-hydrogen) atoms. The minimum atomic E-state index is -0.259. The number of aryl methyl sites for hydroxylation is 2. The number of anilines is 1. The highest BCUT2D eigenvalue weighted by atomic mass is 35.5. The van der Waals surface area contributed by atoms with Gasteiger partial charge in [0.05, 0.1) is 17.4 Å². The van der Waals surface area contributed by atoms with E-state index in [0.717, 1.165) is 22.5 Å². The zero-order valence-corrected chi connectivity index (χ0v) is 17.1. The standard InChI is InChI=1S/C23H19Cl2FN2/c1-14-3-9-19(11-15(14)2)28-23(20-10-6-17(24)12-21(20)25)13-22(27-28)16-4-7-18(26)8-5-16/h3-12,23H,13H2,1-2H3/t23-/m0/s1. The molecule has 0 N–H and O–H groups in total. The number of halogens is 3. The maximum Gasteiger partial charge on any atom is 0.123 e. The van der Waals surface area contributed by atoms with Crippen molar-refractivity contribution in [3.8, 4) is 0 Å². The average Bonchev–Trinajstić information content (AvgIpc) is 3.09. The molecular weight excluding hydrogens is 394 g/mol. The molecule has 0 unspecified atom stereocenters. The van der Waals surface area contributed by atoms with Crippen molar-refractivity contribution in [1.29, 1.82) is 0 Å². The van der Waals surface area contributed by atoms with Crippen LogP contribution in [0.1, 0.15) is 34.7 Å². The van der Waals surface area contributed by atoms with Gasteiger partial charge in [-0.05, 0) is 72.5 Å². The number of hydrogen-bond donors (Lipinski definition) is 0. The van der Waals surface area contributed by atoms with Crippen LogP contribution in [0.15, 0.2) is 65.8 Å². The summed E-state index contributed by atoms with van der Waals surface area (Å²) in [6.45, 7) is 4.17. The second-order valence-electron chi connectivity index (χ2n) is 7.05. The summed E-state index contributed by atoms with van der Waals surface area (Å²) in [5.74, 6) is -0.259. The van der Waals surface area contributed by atoms with Gasteiger partial charge in [0.1, 0.15) is 5.82 Å². The van der Waals surface area contributed by atoms with Crippen LogP contribution in [0.25, 0.3) is 0 Å². The van der Waals surface area contributed by atoms with Gasteiger partial charge in [0, 0.05) is 16.5 Å². The molecule has 5 heteroatoms. The van der Waals surface area contributed by atoms with Crippen molar-refractivity contribution in [2.75, 3.05) is 5.01 Å². The van der Waals surface area contributed by atoms with Crippen molar-refractivity contribution >= 4 is 34.6 Å². The summed E-state index contributed by atoms with van der Waals surface area (Å²) < 4.78 is 13.3. The third kappa shape index (κ3) is 3.65. The van der Waals surface area contributed by atoms with Crippen LogP contribution < -0.4 is 5.01 Å². The molecule has 1 aliphatic rings. The number of hydrogen-bond acceptors (Lipinski definition) is 2. The molecule has 0 aliphatic carbocycles. The van der Waals surface area contributed by atoms with Gasteiger partial charge in [-0.25, -0.2) is 4.39 Å². The highest BCUT2D eigenvalue weighted by molar-refractivity contribution is 6.35. The first kappa shape index (κ1) is 19.0. The van der Waals surface area contributed by atoms with Crippen molar-refractivity contribution in [3.05, 3.63) is 98.8 Å². The van der Waals surface area contributed by atoms with E-state index in [0.29, 0.717) is 16.5 Å². The van der Waals surface area contributed by atoms with E-state index in [-0.39, 0.29) is 11.9 Å². The van der Waals surface area contributed by atoms with E-state index < -0.39 is 0 Å². The maximum absolute atomic E-state index is 13.3. The van der Waals surface area contributed by atoms with Crippen LogP contribution in [0, 0.1) is 19.7 Å². The van der Waals surface area contributed by atoms with E-state index in [1.54, 1.807) is 18.2 Å². The smallest absolute Gasteiger partial charge is 0.123 e. The molecule has 1 heterocycles. The molecular formula is C23H19Cl2FN2. The molecule has 0 bridgehead atoms. The third-order valence-electron chi connectivity index (χ3n) is 5.16. The summed E-state index contributed by atoms with van der Waals surface area (Å²) >= 11 is 12.6. The van der Waals surface area contributed by atoms with E-state index in [2.05, 4.69) is 32.0 Å². The van der Waals surface area contributed by atoms with Gasteiger partial charge < -0.3 is 0 Å². The molecule has 0 radical (unpaired) electrons. The average molecular weight is 413 g/mol. The Morgan fingerprint density at radius 1 is 0.929 bits per heavy atom. The molecule has 4 rings (SSSR count). The van der Waals surface area contributed by atoms with Gasteiger partial charge in [-0.15, -0.1) is 0 Å². The highest BCUT2D eigenvalue weighted by Gasteiger charge is 2.31. The Kier molecular flexibility index (Phi) is 5.13. The van der Waals surface area contributed by atoms with Gasteiger partial charge in [0.2, 0.25) is 0 Å². The Morgan fingerprint density at radius 2 is 1.68 bits per heavy atom. The summed E-state index contributed by atoms with van der Waals surface area (Å²) in [6.07, 6.45) is 0.667. The van der Waals surface area contributed by atoms with Crippen molar-refractivity contribution in [3.63, 3.8) is 0 Å². The zero-order chi connectivity index (χ0) is 19.8. The van der Waals surface area contributed by atoms with E-state index in [4.69, 9.17) is 28.3 Å². The molecule has 142 valence electrons. The Morgan fingerprint density at radius 3 is 2.36 bits per heavy atom. The lowest BCUT2D eigenvalue weighted by Crippen LogP contribution is -2.19. The Bertz CT molecular complexity index is 1060. The Hall–Kier alpha value is -2.36. The lowest BCUT2D eigenvalue weighted by molar-refractivity contribution is 0.627. The fraction of sp³-hybridized carbons (Fsp3) is 0.174. The van der Waals surface area contributed by atoms with Crippen LogP contribution in [0.4, 0.5) is 10.1 Å². The van der Waals surface area contributed by atoms with Crippen LogP contribution in [0.5, 0.6) is 0 Å². The van der Waals surface area contributed by atoms with Gasteiger partial charge in [0.15, 0.2) is 0 Å². The molecule has 0 saturated carbocycles. The molecule has 1 aliphatic heterocycles. The van der Waals surface area contributed by atoms with Crippen molar-refractivity contribution in [1.82, 2.24) is 0 Å². The van der Waals surface area contributed by atoms with Gasteiger partial charge in [-0.3, -0.25) is 5.01 Å². The van der Waals surface area contributed by atoms with Crippen LogP contribution in [-0.2, 0) is 0 Å². The fourth-order valence-electron chi connectivity index (χ4n) is 3.45. The first-order valence-corrected chi connectivity index (χ1v) is 9.83. The van der Waals surface area contributed by atoms with E-state index in [1.165, 1.54) is 23.3 Å².